The third-order valence-electron chi connectivity index (χ3n) is 3.57. The lowest BCUT2D eigenvalue weighted by Crippen LogP contribution is -2.10. The maximum absolute atomic E-state index is 12.2. The number of ether oxygens (including phenoxy) is 1. The summed E-state index contributed by atoms with van der Waals surface area (Å²) < 4.78 is 5.29. The summed E-state index contributed by atoms with van der Waals surface area (Å²) in [7, 11) is 0. The molecule has 0 N–H and O–H groups in total. The Labute approximate surface area is 136 Å². The Morgan fingerprint density at radius 2 is 1.71 bits per heavy atom. The maximum Gasteiger partial charge on any atom is 0.343 e. The molecule has 0 fully saturated rings. The summed E-state index contributed by atoms with van der Waals surface area (Å²) in [5.41, 5.74) is 0.319. The number of benzene rings is 3. The predicted molar refractivity (Wildman–Crippen MR) is 87.4 cm³/mol. The Kier molecular flexibility index (Phi) is 4.03. The van der Waals surface area contributed by atoms with E-state index in [0.29, 0.717) is 11.7 Å². The van der Waals surface area contributed by atoms with Gasteiger partial charge in [0.15, 0.2) is 6.29 Å². The van der Waals surface area contributed by atoms with Crippen molar-refractivity contribution >= 4 is 28.7 Å². The highest BCUT2D eigenvalue weighted by Crippen LogP contribution is 2.27. The van der Waals surface area contributed by atoms with Crippen molar-refractivity contribution in [2.75, 3.05) is 0 Å². The van der Waals surface area contributed by atoms with Crippen LogP contribution in [0, 0.1) is 10.1 Å². The zero-order valence-corrected chi connectivity index (χ0v) is 12.3. The Bertz CT molecular complexity index is 947. The van der Waals surface area contributed by atoms with Crippen molar-refractivity contribution < 1.29 is 19.2 Å². The first kappa shape index (κ1) is 15.4. The number of carbonyl (C=O) groups excluding carboxylic acids is 2. The average molecular weight is 321 g/mol. The fourth-order valence-corrected chi connectivity index (χ4v) is 2.36. The van der Waals surface area contributed by atoms with Crippen LogP contribution in [0.5, 0.6) is 5.75 Å². The van der Waals surface area contributed by atoms with Gasteiger partial charge in [-0.3, -0.25) is 14.9 Å². The number of aldehydes is 1. The number of rotatable bonds is 4. The average Bonchev–Trinajstić information content (AvgIpc) is 2.61. The van der Waals surface area contributed by atoms with E-state index in [4.69, 9.17) is 4.74 Å². The molecule has 3 rings (SSSR count). The van der Waals surface area contributed by atoms with Gasteiger partial charge in [-0.1, -0.05) is 30.3 Å². The maximum atomic E-state index is 12.2. The normalized spacial score (nSPS) is 10.3. The van der Waals surface area contributed by atoms with Crippen LogP contribution in [0.1, 0.15) is 20.7 Å². The summed E-state index contributed by atoms with van der Waals surface area (Å²) >= 11 is 0. The van der Waals surface area contributed by atoms with Crippen molar-refractivity contribution in [1.82, 2.24) is 0 Å². The highest BCUT2D eigenvalue weighted by atomic mass is 16.6. The van der Waals surface area contributed by atoms with Crippen molar-refractivity contribution in [2.45, 2.75) is 0 Å². The molecule has 6 heteroatoms. The van der Waals surface area contributed by atoms with Gasteiger partial charge in [-0.25, -0.2) is 4.79 Å². The summed E-state index contributed by atoms with van der Waals surface area (Å²) in [6, 6.07) is 15.6. The zero-order valence-electron chi connectivity index (χ0n) is 12.3. The highest BCUT2D eigenvalue weighted by molar-refractivity contribution is 6.02. The van der Waals surface area contributed by atoms with E-state index in [1.165, 1.54) is 24.3 Å². The van der Waals surface area contributed by atoms with Gasteiger partial charge in [-0.2, -0.15) is 0 Å². The fraction of sp³-hybridized carbons (Fsp3) is 0. The molecule has 0 spiro atoms. The zero-order chi connectivity index (χ0) is 17.1. The molecule has 0 aliphatic carbocycles. The third kappa shape index (κ3) is 2.85. The molecular weight excluding hydrogens is 310 g/mol. The van der Waals surface area contributed by atoms with Gasteiger partial charge < -0.3 is 4.74 Å². The van der Waals surface area contributed by atoms with E-state index in [-0.39, 0.29) is 22.6 Å². The van der Waals surface area contributed by atoms with Crippen LogP contribution >= 0.6 is 0 Å². The number of non-ortho nitro benzene ring substituents is 1. The molecule has 0 saturated heterocycles. The molecule has 0 aliphatic rings. The van der Waals surface area contributed by atoms with E-state index >= 15 is 0 Å². The minimum Gasteiger partial charge on any atom is -0.422 e. The van der Waals surface area contributed by atoms with Gasteiger partial charge in [0.1, 0.15) is 5.75 Å². The fourth-order valence-electron chi connectivity index (χ4n) is 2.36. The van der Waals surface area contributed by atoms with Crippen molar-refractivity contribution in [3.63, 3.8) is 0 Å². The van der Waals surface area contributed by atoms with E-state index in [9.17, 15) is 19.7 Å². The Hall–Kier alpha value is -3.54. The largest absolute Gasteiger partial charge is 0.422 e. The molecule has 0 radical (unpaired) electrons. The molecule has 0 heterocycles. The first-order valence-corrected chi connectivity index (χ1v) is 7.03. The van der Waals surface area contributed by atoms with Crippen LogP contribution in [0.4, 0.5) is 5.69 Å². The molecule has 0 atom stereocenters. The van der Waals surface area contributed by atoms with Crippen LogP contribution in [0.3, 0.4) is 0 Å². The summed E-state index contributed by atoms with van der Waals surface area (Å²) in [6.45, 7) is 0. The topological polar surface area (TPSA) is 86.5 Å². The standard InChI is InChI=1S/C18H11NO5/c20-11-16-15-4-2-1-3-12(15)7-10-17(16)24-18(21)13-5-8-14(9-6-13)19(22)23/h1-11H. The number of nitro benzene ring substituents is 1. The minimum atomic E-state index is -0.691. The molecule has 0 bridgehead atoms. The quantitative estimate of drug-likeness (QED) is 0.240. The summed E-state index contributed by atoms with van der Waals surface area (Å²) in [6.07, 6.45) is 0.640. The van der Waals surface area contributed by atoms with Crippen molar-refractivity contribution in [3.8, 4) is 5.75 Å². The van der Waals surface area contributed by atoms with Gasteiger partial charge in [0, 0.05) is 12.1 Å². The molecule has 0 aromatic heterocycles. The Morgan fingerprint density at radius 1 is 1.00 bits per heavy atom. The SMILES string of the molecule is O=Cc1c(OC(=O)c2ccc([N+](=O)[O-])cc2)ccc2ccccc12. The lowest BCUT2D eigenvalue weighted by atomic mass is 10.0. The van der Waals surface area contributed by atoms with E-state index in [1.807, 2.05) is 12.1 Å². The van der Waals surface area contributed by atoms with Crippen LogP contribution in [0.15, 0.2) is 60.7 Å². The molecule has 118 valence electrons. The lowest BCUT2D eigenvalue weighted by Gasteiger charge is -2.09. The second kappa shape index (κ2) is 6.29. The predicted octanol–water partition coefficient (Wildman–Crippen LogP) is 3.78. The summed E-state index contributed by atoms with van der Waals surface area (Å²) in [4.78, 5) is 33.7. The van der Waals surface area contributed by atoms with E-state index in [2.05, 4.69) is 0 Å². The van der Waals surface area contributed by atoms with Gasteiger partial charge in [-0.15, -0.1) is 0 Å². The number of nitrogens with zero attached hydrogens (tertiary/aromatic N) is 1. The highest BCUT2D eigenvalue weighted by Gasteiger charge is 2.15. The molecule has 3 aromatic carbocycles. The van der Waals surface area contributed by atoms with Crippen LogP contribution in [-0.4, -0.2) is 17.2 Å². The summed E-state index contributed by atoms with van der Waals surface area (Å²) in [5.74, 6) is -0.546. The van der Waals surface area contributed by atoms with E-state index in [0.717, 1.165) is 5.39 Å². The Morgan fingerprint density at radius 3 is 2.38 bits per heavy atom. The number of esters is 1. The van der Waals surface area contributed by atoms with Gasteiger partial charge in [0.2, 0.25) is 0 Å². The van der Waals surface area contributed by atoms with Crippen LogP contribution in [0.2, 0.25) is 0 Å². The van der Waals surface area contributed by atoms with E-state index in [1.54, 1.807) is 24.3 Å². The summed E-state index contributed by atoms with van der Waals surface area (Å²) in [5, 5.41) is 12.2. The van der Waals surface area contributed by atoms with Crippen LogP contribution in [-0.2, 0) is 0 Å². The number of fused-ring (bicyclic) bond motifs is 1. The van der Waals surface area contributed by atoms with Gasteiger partial charge >= 0.3 is 5.97 Å². The molecule has 0 aliphatic heterocycles. The minimum absolute atomic E-state index is 0.120. The molecule has 3 aromatic rings. The third-order valence-corrected chi connectivity index (χ3v) is 3.57. The van der Waals surface area contributed by atoms with Crippen molar-refractivity contribution in [3.05, 3.63) is 81.9 Å². The molecular formula is C18H11NO5. The number of hydrogen-bond donors (Lipinski definition) is 0. The first-order chi connectivity index (χ1) is 11.6. The first-order valence-electron chi connectivity index (χ1n) is 7.03. The Balaban J connectivity index is 1.93. The number of carbonyl (C=O) groups is 2. The molecule has 0 saturated carbocycles. The van der Waals surface area contributed by atoms with Crippen molar-refractivity contribution in [1.29, 1.82) is 0 Å². The van der Waals surface area contributed by atoms with Crippen molar-refractivity contribution in [2.24, 2.45) is 0 Å². The van der Waals surface area contributed by atoms with Crippen LogP contribution in [0.25, 0.3) is 10.8 Å². The molecule has 6 nitrogen and oxygen atoms in total. The van der Waals surface area contributed by atoms with Gasteiger partial charge in [0.25, 0.3) is 5.69 Å². The van der Waals surface area contributed by atoms with Crippen LogP contribution < -0.4 is 4.74 Å². The second-order valence-corrected chi connectivity index (χ2v) is 5.01. The monoisotopic (exact) mass is 321 g/mol. The number of nitro groups is 1. The second-order valence-electron chi connectivity index (χ2n) is 5.01. The smallest absolute Gasteiger partial charge is 0.343 e. The number of hydrogen-bond acceptors (Lipinski definition) is 5. The van der Waals surface area contributed by atoms with Gasteiger partial charge in [0.05, 0.1) is 16.1 Å². The molecule has 24 heavy (non-hydrogen) atoms. The van der Waals surface area contributed by atoms with Gasteiger partial charge in [-0.05, 0) is 29.0 Å². The molecule has 0 unspecified atom stereocenters. The van der Waals surface area contributed by atoms with E-state index < -0.39 is 10.9 Å². The lowest BCUT2D eigenvalue weighted by molar-refractivity contribution is -0.384. The molecule has 0 amide bonds.